The van der Waals surface area contributed by atoms with Gasteiger partial charge < -0.3 is 0 Å². The molecule has 3 aromatic rings. The molecule has 30 heavy (non-hydrogen) atoms. The zero-order valence-corrected chi connectivity index (χ0v) is 18.4. The summed E-state index contributed by atoms with van der Waals surface area (Å²) < 4.78 is 14.7. The number of hydrogen-bond acceptors (Lipinski definition) is 4. The number of halogens is 2. The van der Waals surface area contributed by atoms with Crippen LogP contribution in [0.4, 0.5) is 4.39 Å². The Balaban J connectivity index is 1.43. The second kappa shape index (κ2) is 8.70. The maximum atomic E-state index is 13.1. The fourth-order valence-electron chi connectivity index (χ4n) is 3.61. The van der Waals surface area contributed by atoms with Crippen LogP contribution in [0.15, 0.2) is 35.4 Å². The molecule has 5 nitrogen and oxygen atoms in total. The average molecular weight is 445 g/mol. The molecule has 1 atom stereocenters. The Morgan fingerprint density at radius 3 is 2.97 bits per heavy atom. The first-order valence-electron chi connectivity index (χ1n) is 9.83. The maximum absolute atomic E-state index is 13.1. The van der Waals surface area contributed by atoms with Gasteiger partial charge in [0.05, 0.1) is 28.9 Å². The summed E-state index contributed by atoms with van der Waals surface area (Å²) in [4.78, 5) is 14.5. The van der Waals surface area contributed by atoms with Crippen LogP contribution >= 0.6 is 22.9 Å². The Morgan fingerprint density at radius 1 is 1.43 bits per heavy atom. The SMILES string of the molecule is Cc1nn(Cc2ccc(F)cc2)c(Cl)c1/C=N/NC(=O)c1cc2c(s1)CCC(C)C2. The highest BCUT2D eigenvalue weighted by Gasteiger charge is 2.20. The molecule has 0 radical (unpaired) electrons. The molecule has 1 N–H and O–H groups in total. The van der Waals surface area contributed by atoms with E-state index >= 15 is 0 Å². The number of fused-ring (bicyclic) bond motifs is 1. The molecule has 1 unspecified atom stereocenters. The van der Waals surface area contributed by atoms with Gasteiger partial charge >= 0.3 is 0 Å². The van der Waals surface area contributed by atoms with Gasteiger partial charge in [0, 0.05) is 4.88 Å². The highest BCUT2D eigenvalue weighted by Crippen LogP contribution is 2.32. The Morgan fingerprint density at radius 2 is 2.20 bits per heavy atom. The van der Waals surface area contributed by atoms with E-state index in [2.05, 4.69) is 22.5 Å². The van der Waals surface area contributed by atoms with Crippen LogP contribution in [0.3, 0.4) is 0 Å². The van der Waals surface area contributed by atoms with Crippen molar-refractivity contribution in [3.63, 3.8) is 0 Å². The van der Waals surface area contributed by atoms with E-state index in [0.29, 0.717) is 33.8 Å². The molecule has 0 saturated heterocycles. The number of hydrogen-bond donors (Lipinski definition) is 1. The van der Waals surface area contributed by atoms with Crippen LogP contribution in [0, 0.1) is 18.7 Å². The molecular weight excluding hydrogens is 423 g/mol. The third-order valence-electron chi connectivity index (χ3n) is 5.27. The van der Waals surface area contributed by atoms with Crippen LogP contribution in [-0.4, -0.2) is 21.9 Å². The largest absolute Gasteiger partial charge is 0.281 e. The normalized spacial score (nSPS) is 16.1. The lowest BCUT2D eigenvalue weighted by atomic mass is 9.90. The Kier molecular flexibility index (Phi) is 6.01. The summed E-state index contributed by atoms with van der Waals surface area (Å²) in [5.74, 6) is 0.162. The molecule has 0 spiro atoms. The minimum atomic E-state index is -0.286. The molecule has 0 bridgehead atoms. The second-order valence-electron chi connectivity index (χ2n) is 7.68. The summed E-state index contributed by atoms with van der Waals surface area (Å²) in [6.45, 7) is 4.48. The molecule has 4 rings (SSSR count). The summed E-state index contributed by atoms with van der Waals surface area (Å²) in [5.41, 5.74) is 6.09. The van der Waals surface area contributed by atoms with Crippen molar-refractivity contribution in [2.45, 2.75) is 39.7 Å². The van der Waals surface area contributed by atoms with Gasteiger partial charge in [-0.3, -0.25) is 4.79 Å². The fraction of sp³-hybridized carbons (Fsp3) is 0.318. The maximum Gasteiger partial charge on any atom is 0.281 e. The van der Waals surface area contributed by atoms with Gasteiger partial charge in [0.1, 0.15) is 11.0 Å². The molecule has 2 heterocycles. The second-order valence-corrected chi connectivity index (χ2v) is 9.17. The molecule has 1 aromatic carbocycles. The number of amides is 1. The molecule has 0 aliphatic heterocycles. The molecule has 0 saturated carbocycles. The lowest BCUT2D eigenvalue weighted by Crippen LogP contribution is -2.16. The number of carbonyl (C=O) groups is 1. The zero-order chi connectivity index (χ0) is 21.3. The lowest BCUT2D eigenvalue weighted by Gasteiger charge is -2.16. The van der Waals surface area contributed by atoms with Gasteiger partial charge in [-0.25, -0.2) is 14.5 Å². The number of carbonyl (C=O) groups excluding carboxylic acids is 1. The van der Waals surface area contributed by atoms with E-state index in [-0.39, 0.29) is 11.7 Å². The number of rotatable bonds is 5. The summed E-state index contributed by atoms with van der Waals surface area (Å²) >= 11 is 8.00. The third-order valence-corrected chi connectivity index (χ3v) is 6.90. The molecule has 2 aromatic heterocycles. The summed E-state index contributed by atoms with van der Waals surface area (Å²) in [6.07, 6.45) is 4.76. The van der Waals surface area contributed by atoms with Crippen molar-refractivity contribution < 1.29 is 9.18 Å². The van der Waals surface area contributed by atoms with E-state index in [0.717, 1.165) is 18.4 Å². The van der Waals surface area contributed by atoms with E-state index in [4.69, 9.17) is 11.6 Å². The van der Waals surface area contributed by atoms with Crippen molar-refractivity contribution in [2.24, 2.45) is 11.0 Å². The van der Waals surface area contributed by atoms with Crippen molar-refractivity contribution in [3.8, 4) is 0 Å². The minimum Gasteiger partial charge on any atom is -0.266 e. The van der Waals surface area contributed by atoms with E-state index in [1.807, 2.05) is 13.0 Å². The summed E-state index contributed by atoms with van der Waals surface area (Å²) in [6, 6.07) is 8.18. The van der Waals surface area contributed by atoms with Crippen LogP contribution in [0.25, 0.3) is 0 Å². The number of thiophene rings is 1. The summed E-state index contributed by atoms with van der Waals surface area (Å²) in [5, 5.41) is 8.92. The smallest absolute Gasteiger partial charge is 0.266 e. The number of nitrogens with one attached hydrogen (secondary N) is 1. The number of aryl methyl sites for hydroxylation is 2. The van der Waals surface area contributed by atoms with Gasteiger partial charge in [0.2, 0.25) is 0 Å². The molecule has 1 aliphatic carbocycles. The topological polar surface area (TPSA) is 59.3 Å². The lowest BCUT2D eigenvalue weighted by molar-refractivity contribution is 0.0959. The van der Waals surface area contributed by atoms with Crippen molar-refractivity contribution >= 4 is 35.1 Å². The highest BCUT2D eigenvalue weighted by molar-refractivity contribution is 7.14. The quantitative estimate of drug-likeness (QED) is 0.445. The van der Waals surface area contributed by atoms with Gasteiger partial charge in [0.15, 0.2) is 0 Å². The monoisotopic (exact) mass is 444 g/mol. The molecule has 156 valence electrons. The number of hydrazone groups is 1. The third kappa shape index (κ3) is 4.47. The summed E-state index contributed by atoms with van der Waals surface area (Å²) in [7, 11) is 0. The van der Waals surface area contributed by atoms with Gasteiger partial charge in [0.25, 0.3) is 5.91 Å². The first kappa shape index (κ1) is 20.8. The first-order valence-corrected chi connectivity index (χ1v) is 11.0. The van der Waals surface area contributed by atoms with Crippen LogP contribution in [0.5, 0.6) is 0 Å². The molecule has 0 fully saturated rings. The van der Waals surface area contributed by atoms with Crippen LogP contribution < -0.4 is 5.43 Å². The van der Waals surface area contributed by atoms with Crippen molar-refractivity contribution in [2.75, 3.05) is 0 Å². The fourth-order valence-corrected chi connectivity index (χ4v) is 4.99. The molecular formula is C22H22ClFN4OS. The van der Waals surface area contributed by atoms with Crippen molar-refractivity contribution in [1.82, 2.24) is 15.2 Å². The van der Waals surface area contributed by atoms with E-state index < -0.39 is 0 Å². The Labute approximate surface area is 183 Å². The van der Waals surface area contributed by atoms with Gasteiger partial charge in [-0.1, -0.05) is 30.7 Å². The van der Waals surface area contributed by atoms with Crippen LogP contribution in [0.1, 0.15) is 50.3 Å². The van der Waals surface area contributed by atoms with Crippen molar-refractivity contribution in [3.05, 3.63) is 73.4 Å². The minimum absolute atomic E-state index is 0.217. The Hall–Kier alpha value is -2.51. The number of benzene rings is 1. The number of nitrogens with zero attached hydrogens (tertiary/aromatic N) is 3. The van der Waals surface area contributed by atoms with Gasteiger partial charge in [-0.15, -0.1) is 11.3 Å². The van der Waals surface area contributed by atoms with E-state index in [1.165, 1.54) is 35.2 Å². The predicted molar refractivity (Wildman–Crippen MR) is 118 cm³/mol. The van der Waals surface area contributed by atoms with E-state index in [1.54, 1.807) is 28.2 Å². The van der Waals surface area contributed by atoms with Crippen molar-refractivity contribution in [1.29, 1.82) is 0 Å². The standard InChI is InChI=1S/C22H22ClFN4OS/c1-13-3-8-19-16(9-13)10-20(30-19)22(29)26-25-11-18-14(2)27-28(21(18)23)12-15-4-6-17(24)7-5-15/h4-7,10-11,13H,3,8-9,12H2,1-2H3,(H,26,29)/b25-11+. The average Bonchev–Trinajstić information content (AvgIpc) is 3.25. The molecule has 1 amide bonds. The van der Waals surface area contributed by atoms with Crippen LogP contribution in [-0.2, 0) is 19.4 Å². The number of aromatic nitrogens is 2. The van der Waals surface area contributed by atoms with Gasteiger partial charge in [-0.05, 0) is 61.4 Å². The predicted octanol–water partition coefficient (Wildman–Crippen LogP) is 4.98. The first-order chi connectivity index (χ1) is 14.4. The molecule has 1 aliphatic rings. The Bertz CT molecular complexity index is 1100. The van der Waals surface area contributed by atoms with Crippen LogP contribution in [0.2, 0.25) is 5.15 Å². The van der Waals surface area contributed by atoms with E-state index in [9.17, 15) is 9.18 Å². The van der Waals surface area contributed by atoms with Gasteiger partial charge in [-0.2, -0.15) is 10.2 Å². The zero-order valence-electron chi connectivity index (χ0n) is 16.8. The highest BCUT2D eigenvalue weighted by atomic mass is 35.5. The molecule has 8 heteroatoms.